The molecule has 0 atom stereocenters. The van der Waals surface area contributed by atoms with E-state index in [1.165, 1.54) is 12.1 Å². The lowest BCUT2D eigenvalue weighted by Gasteiger charge is -2.06. The zero-order valence-electron chi connectivity index (χ0n) is 9.29. The second-order valence-corrected chi connectivity index (χ2v) is 3.43. The molecule has 0 saturated carbocycles. The molecule has 0 amide bonds. The average Bonchev–Trinajstić information content (AvgIpc) is 2.89. The number of hydrazine groups is 1. The summed E-state index contributed by atoms with van der Waals surface area (Å²) >= 11 is 0. The molecule has 2 rings (SSSR count). The van der Waals surface area contributed by atoms with E-state index in [0.29, 0.717) is 18.1 Å². The lowest BCUT2D eigenvalue weighted by molar-refractivity contribution is -0.384. The first kappa shape index (κ1) is 11.9. The van der Waals surface area contributed by atoms with Crippen molar-refractivity contribution in [2.24, 2.45) is 5.84 Å². The third-order valence-corrected chi connectivity index (χ3v) is 2.19. The lowest BCUT2D eigenvalue weighted by Crippen LogP contribution is -2.10. The minimum Gasteiger partial charge on any atom is -0.467 e. The lowest BCUT2D eigenvalue weighted by atomic mass is 10.3. The molecule has 94 valence electrons. The third kappa shape index (κ3) is 2.74. The van der Waals surface area contributed by atoms with E-state index in [2.05, 4.69) is 15.7 Å². The van der Waals surface area contributed by atoms with Gasteiger partial charge in [-0.15, -0.1) is 0 Å². The first-order valence-electron chi connectivity index (χ1n) is 5.08. The predicted octanol–water partition coefficient (Wildman–Crippen LogP) is 1.48. The molecule has 0 fully saturated rings. The fourth-order valence-electron chi connectivity index (χ4n) is 1.38. The summed E-state index contributed by atoms with van der Waals surface area (Å²) in [6.45, 7) is 0.380. The highest BCUT2D eigenvalue weighted by Gasteiger charge is 2.10. The molecule has 0 unspecified atom stereocenters. The van der Waals surface area contributed by atoms with Crippen molar-refractivity contribution in [3.05, 3.63) is 46.4 Å². The van der Waals surface area contributed by atoms with Crippen LogP contribution in [0.15, 0.2) is 34.9 Å². The van der Waals surface area contributed by atoms with Crippen LogP contribution in [-0.2, 0) is 6.54 Å². The zero-order valence-corrected chi connectivity index (χ0v) is 9.29. The van der Waals surface area contributed by atoms with Crippen LogP contribution in [0.2, 0.25) is 0 Å². The van der Waals surface area contributed by atoms with Crippen LogP contribution in [-0.4, -0.2) is 9.91 Å². The van der Waals surface area contributed by atoms with Gasteiger partial charge in [-0.2, -0.15) is 0 Å². The summed E-state index contributed by atoms with van der Waals surface area (Å²) in [5.74, 6) is 6.45. The molecular formula is C10H11N5O3. The van der Waals surface area contributed by atoms with Crippen LogP contribution in [0.25, 0.3) is 0 Å². The van der Waals surface area contributed by atoms with E-state index in [9.17, 15) is 10.1 Å². The molecule has 2 aromatic heterocycles. The van der Waals surface area contributed by atoms with Crippen molar-refractivity contribution in [3.8, 4) is 0 Å². The summed E-state index contributed by atoms with van der Waals surface area (Å²) in [7, 11) is 0. The average molecular weight is 249 g/mol. The van der Waals surface area contributed by atoms with Crippen molar-refractivity contribution in [1.29, 1.82) is 0 Å². The molecule has 0 aliphatic rings. The standard InChI is InChI=1S/C10H11N5O3/c11-14-10-5-7(15(16)17)4-9(13-10)12-6-8-2-1-3-18-8/h1-5H,6,11H2,(H2,12,13,14). The molecule has 0 aliphatic carbocycles. The van der Waals surface area contributed by atoms with E-state index < -0.39 is 4.92 Å². The summed E-state index contributed by atoms with van der Waals surface area (Å²) in [4.78, 5) is 14.2. The Kier molecular flexibility index (Phi) is 3.39. The number of hydrogen-bond acceptors (Lipinski definition) is 7. The molecule has 18 heavy (non-hydrogen) atoms. The number of anilines is 2. The van der Waals surface area contributed by atoms with Crippen LogP contribution in [0.3, 0.4) is 0 Å². The van der Waals surface area contributed by atoms with Gasteiger partial charge in [0.05, 0.1) is 29.9 Å². The maximum Gasteiger partial charge on any atom is 0.276 e. The second kappa shape index (κ2) is 5.15. The first-order valence-corrected chi connectivity index (χ1v) is 5.08. The van der Waals surface area contributed by atoms with Gasteiger partial charge < -0.3 is 15.2 Å². The van der Waals surface area contributed by atoms with E-state index in [4.69, 9.17) is 10.3 Å². The molecule has 0 saturated heterocycles. The summed E-state index contributed by atoms with van der Waals surface area (Å²) in [5.41, 5.74) is 2.18. The molecule has 2 aromatic rings. The van der Waals surface area contributed by atoms with Crippen LogP contribution in [0.5, 0.6) is 0 Å². The Balaban J connectivity index is 2.16. The second-order valence-electron chi connectivity index (χ2n) is 3.43. The Bertz CT molecular complexity index is 540. The molecule has 8 nitrogen and oxygen atoms in total. The van der Waals surface area contributed by atoms with Crippen molar-refractivity contribution in [1.82, 2.24) is 4.98 Å². The number of nitrogens with one attached hydrogen (secondary N) is 2. The van der Waals surface area contributed by atoms with Gasteiger partial charge >= 0.3 is 0 Å². The topological polar surface area (TPSA) is 119 Å². The van der Waals surface area contributed by atoms with Gasteiger partial charge in [0, 0.05) is 0 Å². The maximum absolute atomic E-state index is 10.7. The third-order valence-electron chi connectivity index (χ3n) is 2.19. The highest BCUT2D eigenvalue weighted by molar-refractivity contribution is 5.54. The minimum absolute atomic E-state index is 0.0973. The van der Waals surface area contributed by atoms with Crippen LogP contribution < -0.4 is 16.6 Å². The smallest absolute Gasteiger partial charge is 0.276 e. The van der Waals surface area contributed by atoms with Crippen molar-refractivity contribution < 1.29 is 9.34 Å². The van der Waals surface area contributed by atoms with Crippen molar-refractivity contribution in [2.75, 3.05) is 10.7 Å². The van der Waals surface area contributed by atoms with E-state index in [0.717, 1.165) is 0 Å². The monoisotopic (exact) mass is 249 g/mol. The number of rotatable bonds is 5. The van der Waals surface area contributed by atoms with Gasteiger partial charge in [0.15, 0.2) is 0 Å². The first-order chi connectivity index (χ1) is 8.69. The zero-order chi connectivity index (χ0) is 13.0. The molecule has 0 spiro atoms. The quantitative estimate of drug-likeness (QED) is 0.417. The number of nitrogen functional groups attached to an aromatic ring is 1. The van der Waals surface area contributed by atoms with Gasteiger partial charge in [-0.3, -0.25) is 10.1 Å². The van der Waals surface area contributed by atoms with Gasteiger partial charge in [-0.1, -0.05) is 0 Å². The molecule has 2 heterocycles. The molecule has 0 radical (unpaired) electrons. The number of nitrogens with zero attached hydrogens (tertiary/aromatic N) is 2. The van der Waals surface area contributed by atoms with E-state index in [1.54, 1.807) is 18.4 Å². The number of nitro groups is 1. The number of aromatic nitrogens is 1. The highest BCUT2D eigenvalue weighted by Crippen LogP contribution is 2.20. The summed E-state index contributed by atoms with van der Waals surface area (Å²) in [6, 6.07) is 6.11. The molecule has 0 bridgehead atoms. The van der Waals surface area contributed by atoms with E-state index in [1.807, 2.05) is 0 Å². The Morgan fingerprint density at radius 3 is 2.83 bits per heavy atom. The largest absolute Gasteiger partial charge is 0.467 e. The van der Waals surface area contributed by atoms with E-state index in [-0.39, 0.29) is 11.5 Å². The van der Waals surface area contributed by atoms with E-state index >= 15 is 0 Å². The van der Waals surface area contributed by atoms with Gasteiger partial charge in [0.25, 0.3) is 5.69 Å². The van der Waals surface area contributed by atoms with Gasteiger partial charge in [-0.05, 0) is 12.1 Å². The molecule has 4 N–H and O–H groups in total. The SMILES string of the molecule is NNc1cc([N+](=O)[O-])cc(NCc2ccco2)n1. The van der Waals surface area contributed by atoms with Gasteiger partial charge in [0.1, 0.15) is 17.4 Å². The maximum atomic E-state index is 10.7. The van der Waals surface area contributed by atoms with Crippen LogP contribution in [0, 0.1) is 10.1 Å². The Morgan fingerprint density at radius 2 is 2.22 bits per heavy atom. The normalized spacial score (nSPS) is 10.1. The fourth-order valence-corrected chi connectivity index (χ4v) is 1.38. The molecule has 0 aliphatic heterocycles. The van der Waals surface area contributed by atoms with Crippen LogP contribution in [0.4, 0.5) is 17.3 Å². The van der Waals surface area contributed by atoms with Crippen molar-refractivity contribution in [2.45, 2.75) is 6.54 Å². The summed E-state index contributed by atoms with van der Waals surface area (Å²) in [6.07, 6.45) is 1.55. The van der Waals surface area contributed by atoms with Crippen molar-refractivity contribution in [3.63, 3.8) is 0 Å². The summed E-state index contributed by atoms with van der Waals surface area (Å²) < 4.78 is 5.13. The van der Waals surface area contributed by atoms with Crippen LogP contribution in [0.1, 0.15) is 5.76 Å². The Hall–Kier alpha value is -2.61. The predicted molar refractivity (Wildman–Crippen MR) is 64.7 cm³/mol. The number of pyridine rings is 1. The molecule has 0 aromatic carbocycles. The fraction of sp³-hybridized carbons (Fsp3) is 0.100. The minimum atomic E-state index is -0.513. The van der Waals surface area contributed by atoms with Gasteiger partial charge in [0.2, 0.25) is 0 Å². The number of hydrogen-bond donors (Lipinski definition) is 3. The van der Waals surface area contributed by atoms with Crippen molar-refractivity contribution >= 4 is 17.3 Å². The Labute approximate surface area is 102 Å². The van der Waals surface area contributed by atoms with Gasteiger partial charge in [-0.25, -0.2) is 10.8 Å². The number of nitrogens with two attached hydrogens (primary N) is 1. The summed E-state index contributed by atoms with van der Waals surface area (Å²) in [5, 5.41) is 13.6. The highest BCUT2D eigenvalue weighted by atomic mass is 16.6. The Morgan fingerprint density at radius 1 is 1.44 bits per heavy atom. The van der Waals surface area contributed by atoms with Crippen LogP contribution >= 0.6 is 0 Å². The number of furan rings is 1. The molecular weight excluding hydrogens is 238 g/mol. The molecule has 8 heteroatoms.